The molecule has 0 amide bonds. The predicted octanol–water partition coefficient (Wildman–Crippen LogP) is 2.90. The molecule has 2 heterocycles. The van der Waals surface area contributed by atoms with Gasteiger partial charge in [-0.1, -0.05) is 6.07 Å². The Morgan fingerprint density at radius 3 is 2.69 bits per heavy atom. The van der Waals surface area contributed by atoms with E-state index >= 15 is 0 Å². The predicted molar refractivity (Wildman–Crippen MR) is 73.3 cm³/mol. The van der Waals surface area contributed by atoms with Gasteiger partial charge in [-0.2, -0.15) is 0 Å². The number of thiophene rings is 1. The Morgan fingerprint density at radius 2 is 2.19 bits per heavy atom. The van der Waals surface area contributed by atoms with Crippen molar-refractivity contribution >= 4 is 23.7 Å². The zero-order chi connectivity index (χ0) is 10.7. The van der Waals surface area contributed by atoms with E-state index in [0.717, 1.165) is 12.5 Å². The molecule has 1 unspecified atom stereocenters. The molecule has 1 aromatic rings. The van der Waals surface area contributed by atoms with E-state index in [1.165, 1.54) is 30.8 Å². The summed E-state index contributed by atoms with van der Waals surface area (Å²) in [5, 5.41) is 2.17. The molecular formula is C12H21ClN2S. The Bertz CT molecular complexity index is 281. The summed E-state index contributed by atoms with van der Waals surface area (Å²) in [5.41, 5.74) is 5.70. The second kappa shape index (κ2) is 6.60. The van der Waals surface area contributed by atoms with Crippen LogP contribution in [0.1, 0.15) is 30.7 Å². The van der Waals surface area contributed by atoms with Crippen molar-refractivity contribution in [1.29, 1.82) is 0 Å². The highest BCUT2D eigenvalue weighted by Gasteiger charge is 2.22. The Morgan fingerprint density at radius 1 is 1.50 bits per heavy atom. The monoisotopic (exact) mass is 260 g/mol. The molecule has 4 heteroatoms. The maximum Gasteiger partial charge on any atom is 0.0413 e. The lowest BCUT2D eigenvalue weighted by Gasteiger charge is -2.35. The molecule has 0 saturated carbocycles. The number of rotatable bonds is 3. The fourth-order valence-corrected chi connectivity index (χ4v) is 3.10. The summed E-state index contributed by atoms with van der Waals surface area (Å²) in [7, 11) is 0. The highest BCUT2D eigenvalue weighted by molar-refractivity contribution is 7.10. The summed E-state index contributed by atoms with van der Waals surface area (Å²) in [5.74, 6) is 0.761. The number of nitrogens with two attached hydrogens (primary N) is 1. The average Bonchev–Trinajstić information content (AvgIpc) is 2.82. The minimum atomic E-state index is 0. The molecule has 1 fully saturated rings. The van der Waals surface area contributed by atoms with Crippen LogP contribution in [0.5, 0.6) is 0 Å². The van der Waals surface area contributed by atoms with Gasteiger partial charge in [0.05, 0.1) is 0 Å². The van der Waals surface area contributed by atoms with Gasteiger partial charge < -0.3 is 5.73 Å². The van der Waals surface area contributed by atoms with E-state index in [9.17, 15) is 0 Å². The lowest BCUT2D eigenvalue weighted by molar-refractivity contribution is 0.145. The van der Waals surface area contributed by atoms with Gasteiger partial charge in [0.1, 0.15) is 0 Å². The molecule has 0 aliphatic carbocycles. The van der Waals surface area contributed by atoms with E-state index in [-0.39, 0.29) is 12.4 Å². The van der Waals surface area contributed by atoms with Crippen LogP contribution in [0.15, 0.2) is 17.5 Å². The molecule has 2 nitrogen and oxygen atoms in total. The minimum Gasteiger partial charge on any atom is -0.330 e. The molecule has 2 rings (SSSR count). The van der Waals surface area contributed by atoms with Crippen molar-refractivity contribution in [1.82, 2.24) is 4.90 Å². The number of hydrogen-bond donors (Lipinski definition) is 1. The third kappa shape index (κ3) is 3.20. The first kappa shape index (κ1) is 14.0. The van der Waals surface area contributed by atoms with Crippen LogP contribution in [0.4, 0.5) is 0 Å². The fraction of sp³-hybridized carbons (Fsp3) is 0.667. The van der Waals surface area contributed by atoms with Gasteiger partial charge in [0.25, 0.3) is 0 Å². The van der Waals surface area contributed by atoms with Crippen molar-refractivity contribution in [2.24, 2.45) is 11.7 Å². The summed E-state index contributed by atoms with van der Waals surface area (Å²) >= 11 is 1.86. The highest BCUT2D eigenvalue weighted by Crippen LogP contribution is 2.28. The highest BCUT2D eigenvalue weighted by atomic mass is 35.5. The van der Waals surface area contributed by atoms with Crippen LogP contribution in [0.3, 0.4) is 0 Å². The summed E-state index contributed by atoms with van der Waals surface area (Å²) in [4.78, 5) is 4.07. The lowest BCUT2D eigenvalue weighted by atomic mass is 9.96. The molecule has 1 aromatic heterocycles. The normalized spacial score (nSPS) is 20.4. The SMILES string of the molecule is CC(c1cccs1)N1CCC(CN)CC1.Cl. The topological polar surface area (TPSA) is 29.3 Å². The van der Waals surface area contributed by atoms with Gasteiger partial charge in [-0.25, -0.2) is 0 Å². The molecular weight excluding hydrogens is 240 g/mol. The zero-order valence-corrected chi connectivity index (χ0v) is 11.4. The second-order valence-electron chi connectivity index (χ2n) is 4.41. The molecule has 0 radical (unpaired) electrons. The van der Waals surface area contributed by atoms with Crippen molar-refractivity contribution in [2.45, 2.75) is 25.8 Å². The van der Waals surface area contributed by atoms with E-state index in [2.05, 4.69) is 29.3 Å². The average molecular weight is 261 g/mol. The van der Waals surface area contributed by atoms with E-state index in [4.69, 9.17) is 5.73 Å². The first-order valence-corrected chi connectivity index (χ1v) is 6.66. The molecule has 1 saturated heterocycles. The summed E-state index contributed by atoms with van der Waals surface area (Å²) in [6, 6.07) is 4.97. The molecule has 16 heavy (non-hydrogen) atoms. The molecule has 92 valence electrons. The quantitative estimate of drug-likeness (QED) is 0.906. The lowest BCUT2D eigenvalue weighted by Crippen LogP contribution is -2.37. The van der Waals surface area contributed by atoms with Gasteiger partial charge in [0, 0.05) is 10.9 Å². The first-order valence-electron chi connectivity index (χ1n) is 5.78. The van der Waals surface area contributed by atoms with Crippen LogP contribution in [0.25, 0.3) is 0 Å². The summed E-state index contributed by atoms with van der Waals surface area (Å²) in [6.45, 7) is 5.59. The molecule has 2 N–H and O–H groups in total. The van der Waals surface area contributed by atoms with E-state index in [0.29, 0.717) is 6.04 Å². The van der Waals surface area contributed by atoms with E-state index in [1.54, 1.807) is 0 Å². The van der Waals surface area contributed by atoms with E-state index < -0.39 is 0 Å². The third-order valence-electron chi connectivity index (χ3n) is 3.49. The molecule has 1 aliphatic heterocycles. The van der Waals surface area contributed by atoms with Gasteiger partial charge in [-0.05, 0) is 56.8 Å². The maximum absolute atomic E-state index is 5.70. The van der Waals surface area contributed by atoms with Crippen molar-refractivity contribution in [3.05, 3.63) is 22.4 Å². The summed E-state index contributed by atoms with van der Waals surface area (Å²) < 4.78 is 0. The van der Waals surface area contributed by atoms with Gasteiger partial charge in [-0.3, -0.25) is 4.90 Å². The Balaban J connectivity index is 0.00000128. The zero-order valence-electron chi connectivity index (χ0n) is 9.76. The van der Waals surface area contributed by atoms with Crippen LogP contribution >= 0.6 is 23.7 Å². The van der Waals surface area contributed by atoms with Crippen molar-refractivity contribution in [3.63, 3.8) is 0 Å². The number of halogens is 1. The standard InChI is InChI=1S/C12H20N2S.ClH/c1-10(12-3-2-8-15-12)14-6-4-11(9-13)5-7-14;/h2-3,8,10-11H,4-7,9,13H2,1H3;1H. The Labute approximate surface area is 108 Å². The molecule has 0 aromatic carbocycles. The largest absolute Gasteiger partial charge is 0.330 e. The minimum absolute atomic E-state index is 0. The third-order valence-corrected chi connectivity index (χ3v) is 4.53. The number of hydrogen-bond acceptors (Lipinski definition) is 3. The van der Waals surface area contributed by atoms with Gasteiger partial charge >= 0.3 is 0 Å². The summed E-state index contributed by atoms with van der Waals surface area (Å²) in [6.07, 6.45) is 2.54. The van der Waals surface area contributed by atoms with Gasteiger partial charge in [0.15, 0.2) is 0 Å². The molecule has 1 atom stereocenters. The van der Waals surface area contributed by atoms with Crippen LogP contribution in [0, 0.1) is 5.92 Å². The van der Waals surface area contributed by atoms with Gasteiger partial charge in [-0.15, -0.1) is 23.7 Å². The smallest absolute Gasteiger partial charge is 0.0413 e. The van der Waals surface area contributed by atoms with Crippen LogP contribution in [-0.4, -0.2) is 24.5 Å². The van der Waals surface area contributed by atoms with Gasteiger partial charge in [0.2, 0.25) is 0 Å². The number of likely N-dealkylation sites (tertiary alicyclic amines) is 1. The number of nitrogens with zero attached hydrogens (tertiary/aromatic N) is 1. The number of piperidine rings is 1. The Hall–Kier alpha value is -0.0900. The molecule has 0 spiro atoms. The Kier molecular flexibility index (Phi) is 5.76. The van der Waals surface area contributed by atoms with Crippen molar-refractivity contribution in [2.75, 3.05) is 19.6 Å². The maximum atomic E-state index is 5.70. The second-order valence-corrected chi connectivity index (χ2v) is 5.39. The van der Waals surface area contributed by atoms with Crippen LogP contribution in [0.2, 0.25) is 0 Å². The molecule has 1 aliphatic rings. The molecule has 0 bridgehead atoms. The van der Waals surface area contributed by atoms with Crippen molar-refractivity contribution < 1.29 is 0 Å². The van der Waals surface area contributed by atoms with Crippen LogP contribution < -0.4 is 5.73 Å². The fourth-order valence-electron chi connectivity index (χ4n) is 2.28. The van der Waals surface area contributed by atoms with E-state index in [1.807, 2.05) is 11.3 Å². The first-order chi connectivity index (χ1) is 7.31. The van der Waals surface area contributed by atoms with Crippen molar-refractivity contribution in [3.8, 4) is 0 Å². The van der Waals surface area contributed by atoms with Crippen LogP contribution in [-0.2, 0) is 0 Å².